The average molecular weight is 370 g/mol. The quantitative estimate of drug-likeness (QED) is 0.523. The number of aromatic nitrogens is 1. The van der Waals surface area contributed by atoms with E-state index in [4.69, 9.17) is 5.73 Å². The molecule has 150 valence electrons. The number of nitrogen functional groups attached to an aromatic ring is 1. The van der Waals surface area contributed by atoms with Crippen LogP contribution in [0.5, 0.6) is 0 Å². The predicted molar refractivity (Wildman–Crippen MR) is 119 cm³/mol. The largest absolute Gasteiger partial charge is 0.383 e. The van der Waals surface area contributed by atoms with Crippen LogP contribution in [0.4, 0.5) is 5.82 Å². The van der Waals surface area contributed by atoms with Gasteiger partial charge in [-0.05, 0) is 95.8 Å². The Morgan fingerprint density at radius 2 is 1.70 bits per heavy atom. The summed E-state index contributed by atoms with van der Waals surface area (Å²) in [6, 6.07) is 8.92. The van der Waals surface area contributed by atoms with Gasteiger partial charge in [0, 0.05) is 10.9 Å². The molecule has 0 aliphatic carbocycles. The number of aryl methyl sites for hydroxylation is 2. The lowest BCUT2D eigenvalue weighted by atomic mass is 10.0. The van der Waals surface area contributed by atoms with Crippen molar-refractivity contribution in [3.63, 3.8) is 0 Å². The molecule has 1 aromatic heterocycles. The molecule has 0 fully saturated rings. The Labute approximate surface area is 166 Å². The van der Waals surface area contributed by atoms with Crippen molar-refractivity contribution in [2.24, 2.45) is 0 Å². The first kappa shape index (κ1) is 21.7. The average Bonchev–Trinajstić information content (AvgIpc) is 2.61. The molecule has 27 heavy (non-hydrogen) atoms. The first-order chi connectivity index (χ1) is 12.8. The van der Waals surface area contributed by atoms with Gasteiger partial charge in [-0.3, -0.25) is 0 Å². The normalized spacial score (nSPS) is 12.2. The monoisotopic (exact) mass is 369 g/mol. The van der Waals surface area contributed by atoms with Crippen LogP contribution in [0.3, 0.4) is 0 Å². The highest BCUT2D eigenvalue weighted by atomic mass is 15.1. The molecule has 2 N–H and O–H groups in total. The van der Waals surface area contributed by atoms with Crippen molar-refractivity contribution in [3.8, 4) is 0 Å². The van der Waals surface area contributed by atoms with Crippen molar-refractivity contribution in [1.82, 2.24) is 9.88 Å². The molecule has 0 saturated heterocycles. The molecule has 1 heterocycles. The zero-order valence-corrected chi connectivity index (χ0v) is 18.1. The second-order valence-corrected chi connectivity index (χ2v) is 8.92. The Kier molecular flexibility index (Phi) is 8.09. The molecular formula is C24H39N3. The molecule has 2 rings (SSSR count). The second kappa shape index (κ2) is 10.1. The van der Waals surface area contributed by atoms with E-state index in [1.165, 1.54) is 61.6 Å². The Hall–Kier alpha value is -1.61. The van der Waals surface area contributed by atoms with Crippen LogP contribution in [-0.4, -0.2) is 29.0 Å². The zero-order chi connectivity index (χ0) is 19.9. The smallest absolute Gasteiger partial charge is 0.127 e. The van der Waals surface area contributed by atoms with Crippen molar-refractivity contribution < 1.29 is 0 Å². The molecule has 0 aliphatic heterocycles. The molecule has 0 saturated carbocycles. The molecule has 0 unspecified atom stereocenters. The van der Waals surface area contributed by atoms with Gasteiger partial charge in [-0.2, -0.15) is 0 Å². The van der Waals surface area contributed by atoms with Crippen molar-refractivity contribution in [2.45, 2.75) is 84.6 Å². The van der Waals surface area contributed by atoms with E-state index in [0.717, 1.165) is 18.4 Å². The highest BCUT2D eigenvalue weighted by molar-refractivity contribution is 5.82. The third kappa shape index (κ3) is 6.80. The van der Waals surface area contributed by atoms with Crippen LogP contribution in [-0.2, 0) is 12.8 Å². The Bertz CT molecular complexity index is 715. The fourth-order valence-electron chi connectivity index (χ4n) is 3.40. The topological polar surface area (TPSA) is 42.2 Å². The Morgan fingerprint density at radius 3 is 2.41 bits per heavy atom. The highest BCUT2D eigenvalue weighted by Gasteiger charge is 2.15. The maximum absolute atomic E-state index is 6.16. The minimum Gasteiger partial charge on any atom is -0.383 e. The summed E-state index contributed by atoms with van der Waals surface area (Å²) >= 11 is 0. The number of nitrogens with zero attached hydrogens (tertiary/aromatic N) is 2. The number of anilines is 1. The predicted octanol–water partition coefficient (Wildman–Crippen LogP) is 5.99. The van der Waals surface area contributed by atoms with E-state index >= 15 is 0 Å². The van der Waals surface area contributed by atoms with Gasteiger partial charge >= 0.3 is 0 Å². The van der Waals surface area contributed by atoms with Gasteiger partial charge in [0.15, 0.2) is 0 Å². The van der Waals surface area contributed by atoms with Gasteiger partial charge < -0.3 is 10.6 Å². The summed E-state index contributed by atoms with van der Waals surface area (Å²) < 4.78 is 0. The molecule has 0 atom stereocenters. The lowest BCUT2D eigenvalue weighted by Crippen LogP contribution is -2.38. The minimum atomic E-state index is 0.266. The molecule has 0 spiro atoms. The van der Waals surface area contributed by atoms with E-state index in [0.29, 0.717) is 5.82 Å². The van der Waals surface area contributed by atoms with Crippen molar-refractivity contribution in [3.05, 3.63) is 35.4 Å². The third-order valence-corrected chi connectivity index (χ3v) is 5.65. The van der Waals surface area contributed by atoms with Gasteiger partial charge in [0.2, 0.25) is 0 Å². The number of nitrogens with two attached hydrogens (primary N) is 1. The molecular weight excluding hydrogens is 330 g/mol. The SMILES string of the molecule is CCCCCc1cc2cc(CCCCCN(C)C(C)(C)C)ccc2nc1N. The van der Waals surface area contributed by atoms with Crippen LogP contribution in [0, 0.1) is 0 Å². The second-order valence-electron chi connectivity index (χ2n) is 8.92. The number of benzene rings is 1. The van der Waals surface area contributed by atoms with Gasteiger partial charge in [0.05, 0.1) is 5.52 Å². The number of pyridine rings is 1. The number of rotatable bonds is 10. The summed E-state index contributed by atoms with van der Waals surface area (Å²) in [4.78, 5) is 7.06. The molecule has 2 aromatic rings. The fraction of sp³-hybridized carbons (Fsp3) is 0.625. The third-order valence-electron chi connectivity index (χ3n) is 5.65. The minimum absolute atomic E-state index is 0.266. The van der Waals surface area contributed by atoms with Crippen molar-refractivity contribution in [1.29, 1.82) is 0 Å². The van der Waals surface area contributed by atoms with Gasteiger partial charge in [-0.1, -0.05) is 32.3 Å². The van der Waals surface area contributed by atoms with Gasteiger partial charge in [0.1, 0.15) is 5.82 Å². The molecule has 1 aromatic carbocycles. The van der Waals surface area contributed by atoms with E-state index in [1.807, 2.05) is 0 Å². The number of hydrogen-bond acceptors (Lipinski definition) is 3. The first-order valence-corrected chi connectivity index (χ1v) is 10.7. The van der Waals surface area contributed by atoms with Crippen LogP contribution < -0.4 is 5.73 Å². The van der Waals surface area contributed by atoms with Gasteiger partial charge in [-0.15, -0.1) is 0 Å². The maximum Gasteiger partial charge on any atom is 0.127 e. The van der Waals surface area contributed by atoms with Crippen LogP contribution >= 0.6 is 0 Å². The van der Waals surface area contributed by atoms with E-state index in [1.54, 1.807) is 0 Å². The van der Waals surface area contributed by atoms with E-state index < -0.39 is 0 Å². The Morgan fingerprint density at radius 1 is 0.963 bits per heavy atom. The number of fused-ring (bicyclic) bond motifs is 1. The summed E-state index contributed by atoms with van der Waals surface area (Å²) in [5.41, 5.74) is 10.1. The lowest BCUT2D eigenvalue weighted by molar-refractivity contribution is 0.172. The Balaban J connectivity index is 1.90. The number of hydrogen-bond donors (Lipinski definition) is 1. The van der Waals surface area contributed by atoms with Crippen LogP contribution in [0.1, 0.15) is 77.3 Å². The molecule has 0 bridgehead atoms. The van der Waals surface area contributed by atoms with Crippen molar-refractivity contribution in [2.75, 3.05) is 19.3 Å². The maximum atomic E-state index is 6.16. The standard InChI is InChI=1S/C24H39N3/c1-6-7-9-13-20-18-21-17-19(14-15-22(21)26-23(20)25)12-10-8-11-16-27(5)24(2,3)4/h14-15,17-18H,6-13,16H2,1-5H3,(H2,25,26). The summed E-state index contributed by atoms with van der Waals surface area (Å²) in [6.07, 6.45) is 9.64. The van der Waals surface area contributed by atoms with Crippen LogP contribution in [0.2, 0.25) is 0 Å². The fourth-order valence-corrected chi connectivity index (χ4v) is 3.40. The summed E-state index contributed by atoms with van der Waals surface area (Å²) in [6.45, 7) is 10.2. The molecule has 0 radical (unpaired) electrons. The molecule has 0 aliphatic rings. The van der Waals surface area contributed by atoms with Gasteiger partial charge in [-0.25, -0.2) is 4.98 Å². The van der Waals surface area contributed by atoms with Crippen LogP contribution in [0.15, 0.2) is 24.3 Å². The highest BCUT2D eigenvalue weighted by Crippen LogP contribution is 2.22. The number of unbranched alkanes of at least 4 members (excludes halogenated alkanes) is 4. The summed E-state index contributed by atoms with van der Waals surface area (Å²) in [5, 5.41) is 1.24. The zero-order valence-electron chi connectivity index (χ0n) is 18.1. The molecule has 3 nitrogen and oxygen atoms in total. The first-order valence-electron chi connectivity index (χ1n) is 10.7. The lowest BCUT2D eigenvalue weighted by Gasteiger charge is -2.31. The van der Waals surface area contributed by atoms with Gasteiger partial charge in [0.25, 0.3) is 0 Å². The van der Waals surface area contributed by atoms with Crippen molar-refractivity contribution >= 4 is 16.7 Å². The van der Waals surface area contributed by atoms with E-state index in [9.17, 15) is 0 Å². The molecule has 3 heteroatoms. The van der Waals surface area contributed by atoms with E-state index in [-0.39, 0.29) is 5.54 Å². The summed E-state index contributed by atoms with van der Waals surface area (Å²) in [5.74, 6) is 0.703. The van der Waals surface area contributed by atoms with Crippen LogP contribution in [0.25, 0.3) is 10.9 Å². The van der Waals surface area contributed by atoms with E-state index in [2.05, 4.69) is 68.9 Å². The summed E-state index contributed by atoms with van der Waals surface area (Å²) in [7, 11) is 2.22. The molecule has 0 amide bonds.